The zero-order valence-corrected chi connectivity index (χ0v) is 16.9. The highest BCUT2D eigenvalue weighted by atomic mass is 35.5. The van der Waals surface area contributed by atoms with Gasteiger partial charge in [-0.05, 0) is 62.9 Å². The number of likely N-dealkylation sites (N-methyl/N-ethyl adjacent to an activating group) is 1. The Balaban J connectivity index is 0.00000312. The zero-order chi connectivity index (χ0) is 18.1. The van der Waals surface area contributed by atoms with Crippen molar-refractivity contribution in [1.29, 1.82) is 0 Å². The van der Waals surface area contributed by atoms with Crippen LogP contribution in [0.2, 0.25) is 0 Å². The number of nitrogens with zero attached hydrogens (tertiary/aromatic N) is 2. The summed E-state index contributed by atoms with van der Waals surface area (Å²) in [6.45, 7) is 6.78. The highest BCUT2D eigenvalue weighted by Crippen LogP contribution is 2.23. The number of carbonyl (C=O) groups is 1. The van der Waals surface area contributed by atoms with Crippen molar-refractivity contribution in [3.05, 3.63) is 29.3 Å². The standard InChI is InChI=1S/C17H27N3O3S.ClH/c1-12-5-6-16(7-13(12)2)24(22,23)19(4)11-17(21)20-10-15(9-18)8-14(20)3;/h5-7,14-15H,8-11,18H2,1-4H3;1H. The third-order valence-electron chi connectivity index (χ3n) is 4.86. The van der Waals surface area contributed by atoms with Crippen LogP contribution in [0.25, 0.3) is 0 Å². The molecule has 8 heteroatoms. The summed E-state index contributed by atoms with van der Waals surface area (Å²) >= 11 is 0. The van der Waals surface area contributed by atoms with Crippen molar-refractivity contribution in [3.8, 4) is 0 Å². The van der Waals surface area contributed by atoms with Crippen molar-refractivity contribution in [2.45, 2.75) is 38.1 Å². The minimum atomic E-state index is -3.68. The zero-order valence-electron chi connectivity index (χ0n) is 15.2. The quantitative estimate of drug-likeness (QED) is 0.827. The molecule has 1 aromatic rings. The summed E-state index contributed by atoms with van der Waals surface area (Å²) < 4.78 is 26.5. The Morgan fingerprint density at radius 3 is 2.48 bits per heavy atom. The minimum Gasteiger partial charge on any atom is -0.339 e. The maximum Gasteiger partial charge on any atom is 0.243 e. The van der Waals surface area contributed by atoms with Crippen molar-refractivity contribution in [3.63, 3.8) is 0 Å². The average Bonchev–Trinajstić information content (AvgIpc) is 2.91. The predicted molar refractivity (Wildman–Crippen MR) is 101 cm³/mol. The third kappa shape index (κ3) is 4.73. The summed E-state index contributed by atoms with van der Waals surface area (Å²) in [5.74, 6) is 0.124. The monoisotopic (exact) mass is 389 g/mol. The SMILES string of the molecule is Cc1ccc(S(=O)(=O)N(C)CC(=O)N2CC(CN)CC2C)cc1C.Cl. The Kier molecular flexibility index (Phi) is 7.43. The summed E-state index contributed by atoms with van der Waals surface area (Å²) in [4.78, 5) is 14.5. The van der Waals surface area contributed by atoms with E-state index in [1.807, 2.05) is 20.8 Å². The highest BCUT2D eigenvalue weighted by Gasteiger charge is 2.33. The van der Waals surface area contributed by atoms with E-state index in [2.05, 4.69) is 0 Å². The van der Waals surface area contributed by atoms with Gasteiger partial charge >= 0.3 is 0 Å². The number of rotatable bonds is 5. The summed E-state index contributed by atoms with van der Waals surface area (Å²) in [7, 11) is -2.23. The van der Waals surface area contributed by atoms with E-state index in [0.29, 0.717) is 19.0 Å². The van der Waals surface area contributed by atoms with Gasteiger partial charge in [-0.15, -0.1) is 12.4 Å². The molecule has 0 radical (unpaired) electrons. The lowest BCUT2D eigenvalue weighted by molar-refractivity contribution is -0.131. The lowest BCUT2D eigenvalue weighted by Crippen LogP contribution is -2.42. The number of sulfonamides is 1. The van der Waals surface area contributed by atoms with Crippen molar-refractivity contribution >= 4 is 28.3 Å². The van der Waals surface area contributed by atoms with Gasteiger partial charge in [0.05, 0.1) is 11.4 Å². The van der Waals surface area contributed by atoms with Gasteiger partial charge in [0.15, 0.2) is 0 Å². The van der Waals surface area contributed by atoms with E-state index in [-0.39, 0.29) is 35.8 Å². The van der Waals surface area contributed by atoms with Crippen LogP contribution in [-0.2, 0) is 14.8 Å². The van der Waals surface area contributed by atoms with Gasteiger partial charge in [-0.2, -0.15) is 4.31 Å². The molecule has 1 aliphatic rings. The Bertz CT molecular complexity index is 724. The van der Waals surface area contributed by atoms with Gasteiger partial charge in [0.25, 0.3) is 0 Å². The Labute approximate surface area is 156 Å². The molecule has 0 bridgehead atoms. The van der Waals surface area contributed by atoms with E-state index in [4.69, 9.17) is 5.73 Å². The van der Waals surface area contributed by atoms with Gasteiger partial charge in [0.2, 0.25) is 15.9 Å². The largest absolute Gasteiger partial charge is 0.339 e. The number of hydrogen-bond acceptors (Lipinski definition) is 4. The van der Waals surface area contributed by atoms with Crippen LogP contribution >= 0.6 is 12.4 Å². The fourth-order valence-electron chi connectivity index (χ4n) is 3.08. The Morgan fingerprint density at radius 1 is 1.32 bits per heavy atom. The second-order valence-electron chi connectivity index (χ2n) is 6.74. The molecule has 1 heterocycles. The van der Waals surface area contributed by atoms with Crippen molar-refractivity contribution in [2.24, 2.45) is 11.7 Å². The highest BCUT2D eigenvalue weighted by molar-refractivity contribution is 7.89. The molecule has 1 aromatic carbocycles. The minimum absolute atomic E-state index is 0. The van der Waals surface area contributed by atoms with Crippen molar-refractivity contribution in [2.75, 3.05) is 26.7 Å². The van der Waals surface area contributed by atoms with Gasteiger partial charge in [0.1, 0.15) is 0 Å². The fourth-order valence-corrected chi connectivity index (χ4v) is 4.29. The number of amides is 1. The molecule has 0 aromatic heterocycles. The molecule has 2 atom stereocenters. The van der Waals surface area contributed by atoms with Crippen LogP contribution in [0.3, 0.4) is 0 Å². The third-order valence-corrected chi connectivity index (χ3v) is 6.66. The van der Waals surface area contributed by atoms with Crippen LogP contribution in [0.1, 0.15) is 24.5 Å². The molecule has 0 aliphatic carbocycles. The molecule has 25 heavy (non-hydrogen) atoms. The summed E-state index contributed by atoms with van der Waals surface area (Å²) in [6.07, 6.45) is 0.871. The van der Waals surface area contributed by atoms with Crippen LogP contribution in [0.4, 0.5) is 0 Å². The molecule has 142 valence electrons. The molecular weight excluding hydrogens is 362 g/mol. The maximum atomic E-state index is 12.7. The van der Waals surface area contributed by atoms with Crippen LogP contribution < -0.4 is 5.73 Å². The molecular formula is C17H28ClN3O3S. The number of hydrogen-bond donors (Lipinski definition) is 1. The summed E-state index contributed by atoms with van der Waals surface area (Å²) in [6, 6.07) is 5.12. The molecule has 1 fully saturated rings. The molecule has 0 spiro atoms. The van der Waals surface area contributed by atoms with Crippen LogP contribution in [0.5, 0.6) is 0 Å². The predicted octanol–water partition coefficient (Wildman–Crippen LogP) is 1.54. The van der Waals surface area contributed by atoms with Gasteiger partial charge in [0, 0.05) is 19.6 Å². The van der Waals surface area contributed by atoms with E-state index >= 15 is 0 Å². The van der Waals surface area contributed by atoms with Gasteiger partial charge in [-0.1, -0.05) is 6.07 Å². The van der Waals surface area contributed by atoms with Crippen molar-refractivity contribution in [1.82, 2.24) is 9.21 Å². The first-order valence-corrected chi connectivity index (χ1v) is 9.64. The summed E-state index contributed by atoms with van der Waals surface area (Å²) in [5.41, 5.74) is 7.63. The molecule has 6 nitrogen and oxygen atoms in total. The second-order valence-corrected chi connectivity index (χ2v) is 8.78. The number of aryl methyl sites for hydroxylation is 2. The molecule has 1 saturated heterocycles. The molecule has 1 amide bonds. The number of nitrogens with two attached hydrogens (primary N) is 1. The lowest BCUT2D eigenvalue weighted by Gasteiger charge is -2.25. The van der Waals surface area contributed by atoms with E-state index in [0.717, 1.165) is 21.9 Å². The van der Waals surface area contributed by atoms with E-state index in [1.54, 1.807) is 23.1 Å². The van der Waals surface area contributed by atoms with Crippen LogP contribution in [-0.4, -0.2) is 56.3 Å². The number of halogens is 1. The van der Waals surface area contributed by atoms with Gasteiger partial charge < -0.3 is 10.6 Å². The maximum absolute atomic E-state index is 12.7. The van der Waals surface area contributed by atoms with E-state index < -0.39 is 10.0 Å². The first kappa shape index (κ1) is 21.9. The van der Waals surface area contributed by atoms with Crippen molar-refractivity contribution < 1.29 is 13.2 Å². The summed E-state index contributed by atoms with van der Waals surface area (Å²) in [5, 5.41) is 0. The molecule has 1 aliphatic heterocycles. The van der Waals surface area contributed by atoms with Crippen LogP contribution in [0.15, 0.2) is 23.1 Å². The number of likely N-dealkylation sites (tertiary alicyclic amines) is 1. The molecule has 2 unspecified atom stereocenters. The number of carbonyl (C=O) groups excluding carboxylic acids is 1. The van der Waals surface area contributed by atoms with Crippen LogP contribution in [0, 0.1) is 19.8 Å². The smallest absolute Gasteiger partial charge is 0.243 e. The fraction of sp³-hybridized carbons (Fsp3) is 0.588. The van der Waals surface area contributed by atoms with Gasteiger partial charge in [-0.3, -0.25) is 4.79 Å². The average molecular weight is 390 g/mol. The number of benzene rings is 1. The van der Waals surface area contributed by atoms with E-state index in [9.17, 15) is 13.2 Å². The lowest BCUT2D eigenvalue weighted by atomic mass is 10.1. The molecule has 2 rings (SSSR count). The molecule has 0 saturated carbocycles. The first-order valence-electron chi connectivity index (χ1n) is 8.20. The molecule has 2 N–H and O–H groups in total. The second kappa shape index (κ2) is 8.49. The topological polar surface area (TPSA) is 83.7 Å². The van der Waals surface area contributed by atoms with Gasteiger partial charge in [-0.25, -0.2) is 8.42 Å². The van der Waals surface area contributed by atoms with E-state index in [1.165, 1.54) is 7.05 Å². The first-order chi connectivity index (χ1) is 11.2. The Morgan fingerprint density at radius 2 is 1.96 bits per heavy atom. The Hall–Kier alpha value is -1.15. The normalized spacial score (nSPS) is 20.6.